The molecule has 0 bridgehead atoms. The molecule has 3 nitrogen and oxygen atoms in total. The number of rotatable bonds is 5. The Morgan fingerprint density at radius 2 is 2.33 bits per heavy atom. The van der Waals surface area contributed by atoms with Crippen LogP contribution in [-0.2, 0) is 17.7 Å². The molecule has 1 aliphatic heterocycles. The summed E-state index contributed by atoms with van der Waals surface area (Å²) in [6, 6.07) is 2.66. The molecule has 1 aliphatic rings. The van der Waals surface area contributed by atoms with E-state index < -0.39 is 0 Å². The standard InChI is InChI=1S/C14H24N2OS/c1-14(2,17-3)8-12(9-15)16-6-4-13-11(10-16)5-7-18-13/h5,7,12H,4,6,8-10,15H2,1-3H3. The van der Waals surface area contributed by atoms with E-state index in [1.807, 2.05) is 11.3 Å². The molecule has 1 aromatic heterocycles. The molecule has 2 N–H and O–H groups in total. The lowest BCUT2D eigenvalue weighted by Crippen LogP contribution is -2.47. The highest BCUT2D eigenvalue weighted by molar-refractivity contribution is 7.10. The fourth-order valence-corrected chi connectivity index (χ4v) is 3.48. The summed E-state index contributed by atoms with van der Waals surface area (Å²) >= 11 is 1.88. The van der Waals surface area contributed by atoms with Crippen molar-refractivity contribution in [1.29, 1.82) is 0 Å². The lowest BCUT2D eigenvalue weighted by molar-refractivity contribution is -0.00950. The maximum absolute atomic E-state index is 5.97. The molecular weight excluding hydrogens is 244 g/mol. The molecule has 0 saturated heterocycles. The molecule has 18 heavy (non-hydrogen) atoms. The van der Waals surface area contributed by atoms with Gasteiger partial charge in [0.1, 0.15) is 0 Å². The van der Waals surface area contributed by atoms with E-state index in [0.717, 1.165) is 25.9 Å². The molecule has 0 aliphatic carbocycles. The molecule has 1 aromatic rings. The Labute approximate surface area is 114 Å². The highest BCUT2D eigenvalue weighted by Gasteiger charge is 2.28. The summed E-state index contributed by atoms with van der Waals surface area (Å²) in [6.07, 6.45) is 2.15. The number of ether oxygens (including phenoxy) is 1. The van der Waals surface area contributed by atoms with Crippen LogP contribution in [0.3, 0.4) is 0 Å². The van der Waals surface area contributed by atoms with Gasteiger partial charge in [-0.25, -0.2) is 0 Å². The Bertz CT molecular complexity index is 389. The number of thiophene rings is 1. The SMILES string of the molecule is COC(C)(C)CC(CN)N1CCc2sccc2C1. The van der Waals surface area contributed by atoms with Crippen LogP contribution in [0.4, 0.5) is 0 Å². The zero-order valence-electron chi connectivity index (χ0n) is 11.6. The first-order chi connectivity index (χ1) is 8.55. The molecule has 1 unspecified atom stereocenters. The molecule has 0 radical (unpaired) electrons. The van der Waals surface area contributed by atoms with Crippen molar-refractivity contribution >= 4 is 11.3 Å². The van der Waals surface area contributed by atoms with Gasteiger partial charge >= 0.3 is 0 Å². The van der Waals surface area contributed by atoms with E-state index >= 15 is 0 Å². The van der Waals surface area contributed by atoms with E-state index in [2.05, 4.69) is 30.2 Å². The van der Waals surface area contributed by atoms with Gasteiger partial charge in [0, 0.05) is 37.7 Å². The van der Waals surface area contributed by atoms with Gasteiger partial charge in [0.15, 0.2) is 0 Å². The van der Waals surface area contributed by atoms with Gasteiger partial charge in [-0.05, 0) is 43.7 Å². The van der Waals surface area contributed by atoms with Crippen LogP contribution < -0.4 is 5.73 Å². The van der Waals surface area contributed by atoms with Crippen LogP contribution in [0, 0.1) is 0 Å². The summed E-state index contributed by atoms with van der Waals surface area (Å²) < 4.78 is 5.54. The fourth-order valence-electron chi connectivity index (χ4n) is 2.59. The number of hydrogen-bond acceptors (Lipinski definition) is 4. The average Bonchev–Trinajstić information content (AvgIpc) is 2.83. The van der Waals surface area contributed by atoms with Crippen molar-refractivity contribution in [2.45, 2.75) is 44.9 Å². The molecule has 2 heterocycles. The lowest BCUT2D eigenvalue weighted by Gasteiger charge is -2.37. The predicted molar refractivity (Wildman–Crippen MR) is 77.0 cm³/mol. The Balaban J connectivity index is 2.02. The van der Waals surface area contributed by atoms with Crippen molar-refractivity contribution in [2.24, 2.45) is 5.73 Å². The molecule has 2 rings (SSSR count). The lowest BCUT2D eigenvalue weighted by atomic mass is 9.96. The molecule has 0 fully saturated rings. The zero-order valence-corrected chi connectivity index (χ0v) is 12.4. The van der Waals surface area contributed by atoms with Crippen LogP contribution >= 0.6 is 11.3 Å². The summed E-state index contributed by atoms with van der Waals surface area (Å²) in [7, 11) is 1.78. The summed E-state index contributed by atoms with van der Waals surface area (Å²) in [5.74, 6) is 0. The highest BCUT2D eigenvalue weighted by atomic mass is 32.1. The number of fused-ring (bicyclic) bond motifs is 1. The normalized spacial score (nSPS) is 18.7. The molecule has 102 valence electrons. The second-order valence-electron chi connectivity index (χ2n) is 5.65. The zero-order chi connectivity index (χ0) is 13.2. The van der Waals surface area contributed by atoms with Gasteiger partial charge < -0.3 is 10.5 Å². The topological polar surface area (TPSA) is 38.5 Å². The smallest absolute Gasteiger partial charge is 0.0638 e. The molecule has 4 heteroatoms. The van der Waals surface area contributed by atoms with Crippen LogP contribution in [0.1, 0.15) is 30.7 Å². The number of nitrogens with two attached hydrogens (primary N) is 1. The molecule has 0 saturated carbocycles. The van der Waals surface area contributed by atoms with Gasteiger partial charge in [-0.2, -0.15) is 0 Å². The largest absolute Gasteiger partial charge is 0.379 e. The first-order valence-corrected chi connectivity index (χ1v) is 7.48. The minimum Gasteiger partial charge on any atom is -0.379 e. The van der Waals surface area contributed by atoms with E-state index in [0.29, 0.717) is 12.6 Å². The minimum atomic E-state index is -0.0983. The van der Waals surface area contributed by atoms with E-state index in [-0.39, 0.29) is 5.60 Å². The second kappa shape index (κ2) is 5.70. The van der Waals surface area contributed by atoms with Gasteiger partial charge in [-0.3, -0.25) is 4.90 Å². The van der Waals surface area contributed by atoms with Crippen LogP contribution in [-0.4, -0.2) is 36.7 Å². The van der Waals surface area contributed by atoms with E-state index in [4.69, 9.17) is 10.5 Å². The van der Waals surface area contributed by atoms with Crippen LogP contribution in [0.5, 0.6) is 0 Å². The molecule has 0 aromatic carbocycles. The van der Waals surface area contributed by atoms with E-state index in [9.17, 15) is 0 Å². The Morgan fingerprint density at radius 1 is 1.56 bits per heavy atom. The van der Waals surface area contributed by atoms with Crippen molar-refractivity contribution < 1.29 is 4.74 Å². The van der Waals surface area contributed by atoms with Gasteiger partial charge in [-0.1, -0.05) is 0 Å². The van der Waals surface area contributed by atoms with Crippen molar-refractivity contribution in [1.82, 2.24) is 4.90 Å². The van der Waals surface area contributed by atoms with Gasteiger partial charge in [-0.15, -0.1) is 11.3 Å². The molecule has 1 atom stereocenters. The third-order valence-corrected chi connectivity index (χ3v) is 4.93. The van der Waals surface area contributed by atoms with E-state index in [1.54, 1.807) is 12.0 Å². The third kappa shape index (κ3) is 3.12. The Kier molecular flexibility index (Phi) is 4.43. The van der Waals surface area contributed by atoms with Crippen LogP contribution in [0.25, 0.3) is 0 Å². The van der Waals surface area contributed by atoms with Gasteiger partial charge in [0.2, 0.25) is 0 Å². The Morgan fingerprint density at radius 3 is 3.00 bits per heavy atom. The molecule has 0 spiro atoms. The number of hydrogen-bond donors (Lipinski definition) is 1. The summed E-state index contributed by atoms with van der Waals surface area (Å²) in [5.41, 5.74) is 7.35. The molecular formula is C14H24N2OS. The first-order valence-electron chi connectivity index (χ1n) is 6.60. The second-order valence-corrected chi connectivity index (χ2v) is 6.65. The van der Waals surface area contributed by atoms with E-state index in [1.165, 1.54) is 5.56 Å². The predicted octanol–water partition coefficient (Wildman–Crippen LogP) is 2.25. The summed E-state index contributed by atoms with van der Waals surface area (Å²) in [4.78, 5) is 4.06. The highest BCUT2D eigenvalue weighted by Crippen LogP contribution is 2.27. The first kappa shape index (κ1) is 14.0. The van der Waals surface area contributed by atoms with Crippen molar-refractivity contribution in [2.75, 3.05) is 20.2 Å². The van der Waals surface area contributed by atoms with Crippen molar-refractivity contribution in [3.8, 4) is 0 Å². The van der Waals surface area contributed by atoms with Gasteiger partial charge in [0.25, 0.3) is 0 Å². The number of methoxy groups -OCH3 is 1. The number of nitrogens with zero attached hydrogens (tertiary/aromatic N) is 1. The van der Waals surface area contributed by atoms with Crippen molar-refractivity contribution in [3.05, 3.63) is 21.9 Å². The maximum atomic E-state index is 5.97. The van der Waals surface area contributed by atoms with Gasteiger partial charge in [0.05, 0.1) is 5.60 Å². The molecule has 0 amide bonds. The Hall–Kier alpha value is -0.420. The third-order valence-electron chi connectivity index (χ3n) is 3.91. The monoisotopic (exact) mass is 268 g/mol. The quantitative estimate of drug-likeness (QED) is 0.890. The summed E-state index contributed by atoms with van der Waals surface area (Å²) in [6.45, 7) is 7.13. The van der Waals surface area contributed by atoms with Crippen LogP contribution in [0.2, 0.25) is 0 Å². The van der Waals surface area contributed by atoms with Crippen LogP contribution in [0.15, 0.2) is 11.4 Å². The maximum Gasteiger partial charge on any atom is 0.0638 e. The average molecular weight is 268 g/mol. The van der Waals surface area contributed by atoms with Crippen molar-refractivity contribution in [3.63, 3.8) is 0 Å². The minimum absolute atomic E-state index is 0.0983. The summed E-state index contributed by atoms with van der Waals surface area (Å²) in [5, 5.41) is 2.20. The fraction of sp³-hybridized carbons (Fsp3) is 0.714.